The van der Waals surface area contributed by atoms with Gasteiger partial charge in [-0.1, -0.05) is 5.16 Å². The minimum atomic E-state index is -0.202. The van der Waals surface area contributed by atoms with Crippen molar-refractivity contribution in [2.45, 2.75) is 38.8 Å². The highest BCUT2D eigenvalue weighted by Crippen LogP contribution is 2.16. The number of thiophene rings is 1. The first-order valence-electron chi connectivity index (χ1n) is 8.29. The zero-order chi connectivity index (χ0) is 16.9. The summed E-state index contributed by atoms with van der Waals surface area (Å²) in [5.41, 5.74) is 0.324. The van der Waals surface area contributed by atoms with Crippen LogP contribution in [-0.4, -0.2) is 46.8 Å². The second-order valence-electron chi connectivity index (χ2n) is 6.20. The predicted molar refractivity (Wildman–Crippen MR) is 92.1 cm³/mol. The maximum atomic E-state index is 12.1. The van der Waals surface area contributed by atoms with Gasteiger partial charge in [0.1, 0.15) is 0 Å². The molecule has 1 saturated heterocycles. The molecule has 0 saturated carbocycles. The van der Waals surface area contributed by atoms with E-state index in [2.05, 4.69) is 34.4 Å². The molecule has 1 fully saturated rings. The number of aryl methyl sites for hydroxylation is 1. The summed E-state index contributed by atoms with van der Waals surface area (Å²) in [6.07, 6.45) is 2.20. The van der Waals surface area contributed by atoms with E-state index in [1.807, 2.05) is 0 Å². The monoisotopic (exact) mass is 349 g/mol. The van der Waals surface area contributed by atoms with Crippen molar-refractivity contribution in [3.05, 3.63) is 39.4 Å². The van der Waals surface area contributed by atoms with Gasteiger partial charge >= 0.3 is 0 Å². The van der Waals surface area contributed by atoms with E-state index >= 15 is 0 Å². The second-order valence-corrected chi connectivity index (χ2v) is 7.58. The van der Waals surface area contributed by atoms with Crippen molar-refractivity contribution in [3.63, 3.8) is 0 Å². The van der Waals surface area contributed by atoms with Crippen LogP contribution < -0.4 is 5.32 Å². The van der Waals surface area contributed by atoms with Crippen LogP contribution in [-0.2, 0) is 13.0 Å². The van der Waals surface area contributed by atoms with Gasteiger partial charge in [0.25, 0.3) is 5.91 Å². The Morgan fingerprint density at radius 2 is 2.25 bits per heavy atom. The molecule has 6 nitrogen and oxygen atoms in total. The number of nitrogens with one attached hydrogen (secondary N) is 1. The molecule has 7 heteroatoms. The summed E-state index contributed by atoms with van der Waals surface area (Å²) in [6.45, 7) is 4.96. The van der Waals surface area contributed by atoms with Gasteiger partial charge in [-0.3, -0.25) is 9.69 Å². The number of piperidine rings is 1. The van der Waals surface area contributed by atoms with Crippen LogP contribution in [0.3, 0.4) is 0 Å². The molecule has 0 unspecified atom stereocenters. The standard InChI is InChI=1S/C17H23N3O3S/c1-12-2-3-15(24-12)4-7-18-17(22)16-10-14(23-19-16)11-20-8-5-13(21)6-9-20/h2-3,10,13,21H,4-9,11H2,1H3,(H,18,22). The van der Waals surface area contributed by atoms with Gasteiger partial charge in [0.05, 0.1) is 12.6 Å². The Labute approximate surface area is 145 Å². The molecule has 2 aromatic rings. The number of carbonyl (C=O) groups excluding carboxylic acids is 1. The van der Waals surface area contributed by atoms with Crippen LogP contribution >= 0.6 is 11.3 Å². The number of nitrogens with zero attached hydrogens (tertiary/aromatic N) is 2. The average Bonchev–Trinajstić information content (AvgIpc) is 3.19. The summed E-state index contributed by atoms with van der Waals surface area (Å²) in [4.78, 5) is 16.9. The van der Waals surface area contributed by atoms with Crippen LogP contribution in [0.5, 0.6) is 0 Å². The molecule has 0 aromatic carbocycles. The van der Waals surface area contributed by atoms with Gasteiger partial charge < -0.3 is 14.9 Å². The van der Waals surface area contributed by atoms with E-state index < -0.39 is 0 Å². The number of hydrogen-bond donors (Lipinski definition) is 2. The minimum absolute atomic E-state index is 0.190. The third-order valence-corrected chi connectivity index (χ3v) is 5.24. The predicted octanol–water partition coefficient (Wildman–Crippen LogP) is 1.97. The SMILES string of the molecule is Cc1ccc(CCNC(=O)c2cc(CN3CCC(O)CC3)on2)s1. The molecule has 1 aliphatic heterocycles. The number of amides is 1. The van der Waals surface area contributed by atoms with Crippen LogP contribution in [0.15, 0.2) is 22.7 Å². The number of likely N-dealkylation sites (tertiary alicyclic amines) is 1. The lowest BCUT2D eigenvalue weighted by Crippen LogP contribution is -2.35. The first-order valence-corrected chi connectivity index (χ1v) is 9.11. The van der Waals surface area contributed by atoms with Crippen LogP contribution in [0.25, 0.3) is 0 Å². The van der Waals surface area contributed by atoms with Gasteiger partial charge in [0, 0.05) is 35.5 Å². The molecule has 1 aliphatic rings. The van der Waals surface area contributed by atoms with Gasteiger partial charge in [-0.2, -0.15) is 0 Å². The van der Waals surface area contributed by atoms with Gasteiger partial charge in [-0.25, -0.2) is 0 Å². The van der Waals surface area contributed by atoms with Crippen LogP contribution in [0, 0.1) is 6.92 Å². The van der Waals surface area contributed by atoms with Gasteiger partial charge in [-0.05, 0) is 38.3 Å². The van der Waals surface area contributed by atoms with Gasteiger partial charge in [0.2, 0.25) is 0 Å². The van der Waals surface area contributed by atoms with Crippen molar-refractivity contribution in [2.24, 2.45) is 0 Å². The number of aliphatic hydroxyl groups is 1. The number of aromatic nitrogens is 1. The molecule has 0 atom stereocenters. The lowest BCUT2D eigenvalue weighted by atomic mass is 10.1. The highest BCUT2D eigenvalue weighted by Gasteiger charge is 2.19. The topological polar surface area (TPSA) is 78.6 Å². The zero-order valence-corrected chi connectivity index (χ0v) is 14.6. The van der Waals surface area contributed by atoms with Crippen LogP contribution in [0.2, 0.25) is 0 Å². The Kier molecular flexibility index (Phi) is 5.65. The molecular weight excluding hydrogens is 326 g/mol. The summed E-state index contributed by atoms with van der Waals surface area (Å²) >= 11 is 1.75. The molecule has 0 radical (unpaired) electrons. The Morgan fingerprint density at radius 3 is 2.96 bits per heavy atom. The molecule has 2 N–H and O–H groups in total. The molecule has 0 spiro atoms. The molecule has 3 rings (SSSR count). The van der Waals surface area contributed by atoms with Crippen molar-refractivity contribution in [1.29, 1.82) is 0 Å². The van der Waals surface area contributed by atoms with Crippen LogP contribution in [0.4, 0.5) is 0 Å². The second kappa shape index (κ2) is 7.92. The first kappa shape index (κ1) is 17.1. The molecule has 1 amide bonds. The number of rotatable bonds is 6. The third kappa shape index (κ3) is 4.66. The van der Waals surface area contributed by atoms with Crippen molar-refractivity contribution in [1.82, 2.24) is 15.4 Å². The van der Waals surface area contributed by atoms with Crippen molar-refractivity contribution >= 4 is 17.2 Å². The van der Waals surface area contributed by atoms with E-state index in [1.165, 1.54) is 9.75 Å². The van der Waals surface area contributed by atoms with E-state index in [9.17, 15) is 9.90 Å². The highest BCUT2D eigenvalue weighted by atomic mass is 32.1. The Balaban J connectivity index is 1.45. The van der Waals surface area contributed by atoms with E-state index in [4.69, 9.17) is 4.52 Å². The zero-order valence-electron chi connectivity index (χ0n) is 13.8. The molecule has 0 aliphatic carbocycles. The fraction of sp³-hybridized carbons (Fsp3) is 0.529. The maximum Gasteiger partial charge on any atom is 0.273 e. The molecule has 2 aromatic heterocycles. The van der Waals surface area contributed by atoms with E-state index in [1.54, 1.807) is 17.4 Å². The molecular formula is C17H23N3O3S. The van der Waals surface area contributed by atoms with Gasteiger partial charge in [0.15, 0.2) is 11.5 Å². The normalized spacial score (nSPS) is 16.4. The molecule has 130 valence electrons. The fourth-order valence-corrected chi connectivity index (χ4v) is 3.69. The van der Waals surface area contributed by atoms with E-state index in [0.717, 1.165) is 32.4 Å². The average molecular weight is 349 g/mol. The summed E-state index contributed by atoms with van der Waals surface area (Å²) in [7, 11) is 0. The smallest absolute Gasteiger partial charge is 0.273 e. The Morgan fingerprint density at radius 1 is 1.46 bits per heavy atom. The summed E-state index contributed by atoms with van der Waals surface area (Å²) in [5, 5.41) is 16.3. The van der Waals surface area contributed by atoms with E-state index in [-0.39, 0.29) is 12.0 Å². The van der Waals surface area contributed by atoms with Crippen molar-refractivity contribution in [2.75, 3.05) is 19.6 Å². The number of carbonyl (C=O) groups is 1. The van der Waals surface area contributed by atoms with Crippen molar-refractivity contribution < 1.29 is 14.4 Å². The summed E-state index contributed by atoms with van der Waals surface area (Å²) in [6, 6.07) is 5.89. The van der Waals surface area contributed by atoms with Crippen molar-refractivity contribution in [3.8, 4) is 0 Å². The number of hydrogen-bond acceptors (Lipinski definition) is 6. The van der Waals surface area contributed by atoms with Gasteiger partial charge in [-0.15, -0.1) is 11.3 Å². The molecule has 24 heavy (non-hydrogen) atoms. The largest absolute Gasteiger partial charge is 0.393 e. The maximum absolute atomic E-state index is 12.1. The number of aliphatic hydroxyl groups excluding tert-OH is 1. The minimum Gasteiger partial charge on any atom is -0.393 e. The highest BCUT2D eigenvalue weighted by molar-refractivity contribution is 7.11. The Hall–Kier alpha value is -1.70. The molecule has 0 bridgehead atoms. The summed E-state index contributed by atoms with van der Waals surface area (Å²) < 4.78 is 5.27. The quantitative estimate of drug-likeness (QED) is 0.834. The molecule has 3 heterocycles. The van der Waals surface area contributed by atoms with E-state index in [0.29, 0.717) is 24.5 Å². The Bertz CT molecular complexity index is 674. The third-order valence-electron chi connectivity index (χ3n) is 4.18. The fourth-order valence-electron chi connectivity index (χ4n) is 2.80. The lowest BCUT2D eigenvalue weighted by Gasteiger charge is -2.28. The first-order chi connectivity index (χ1) is 11.6. The summed E-state index contributed by atoms with van der Waals surface area (Å²) in [5.74, 6) is 0.484. The van der Waals surface area contributed by atoms with Crippen LogP contribution in [0.1, 0.15) is 38.8 Å². The lowest BCUT2D eigenvalue weighted by molar-refractivity contribution is 0.0748.